The van der Waals surface area contributed by atoms with Gasteiger partial charge in [-0.25, -0.2) is 13.6 Å². The number of nitrogens with one attached hydrogen (secondary N) is 1. The van der Waals surface area contributed by atoms with Crippen LogP contribution in [0.2, 0.25) is 0 Å². The zero-order valence-electron chi connectivity index (χ0n) is 11.1. The van der Waals surface area contributed by atoms with Crippen molar-refractivity contribution in [1.29, 1.82) is 0 Å². The van der Waals surface area contributed by atoms with Crippen molar-refractivity contribution in [3.63, 3.8) is 0 Å². The van der Waals surface area contributed by atoms with Crippen LogP contribution in [0.5, 0.6) is 5.75 Å². The Bertz CT molecular complexity index is 689. The van der Waals surface area contributed by atoms with E-state index in [-0.39, 0.29) is 5.75 Å². The fraction of sp³-hybridized carbons (Fsp3) is 0.133. The van der Waals surface area contributed by atoms with Gasteiger partial charge in [0.25, 0.3) is 0 Å². The Morgan fingerprint density at radius 3 is 2.48 bits per heavy atom. The van der Waals surface area contributed by atoms with Crippen molar-refractivity contribution in [2.75, 3.05) is 5.32 Å². The van der Waals surface area contributed by atoms with Crippen LogP contribution in [0.4, 0.5) is 14.5 Å². The molecule has 2 aromatic carbocycles. The van der Waals surface area contributed by atoms with E-state index >= 15 is 0 Å². The number of hydrogen-bond donors (Lipinski definition) is 3. The van der Waals surface area contributed by atoms with Gasteiger partial charge in [-0.1, -0.05) is 6.07 Å². The van der Waals surface area contributed by atoms with Crippen molar-refractivity contribution in [2.45, 2.75) is 13.0 Å². The fourth-order valence-electron chi connectivity index (χ4n) is 1.97. The standard InChI is InChI=1S/C15H13F2NO3/c1-8(11-4-3-10(19)7-14(11)17)18-9-2-5-13(16)12(6-9)15(20)21/h2-8,18-19H,1H3,(H,20,21). The molecule has 0 spiro atoms. The largest absolute Gasteiger partial charge is 0.508 e. The molecule has 0 aromatic heterocycles. The van der Waals surface area contributed by atoms with Crippen LogP contribution in [-0.4, -0.2) is 16.2 Å². The lowest BCUT2D eigenvalue weighted by molar-refractivity contribution is 0.0692. The molecule has 21 heavy (non-hydrogen) atoms. The lowest BCUT2D eigenvalue weighted by Crippen LogP contribution is -2.10. The summed E-state index contributed by atoms with van der Waals surface area (Å²) in [6, 6.07) is 6.82. The van der Waals surface area contributed by atoms with E-state index in [0.717, 1.165) is 18.2 Å². The maximum Gasteiger partial charge on any atom is 0.338 e. The highest BCUT2D eigenvalue weighted by Gasteiger charge is 2.14. The van der Waals surface area contributed by atoms with Gasteiger partial charge in [0.15, 0.2) is 0 Å². The topological polar surface area (TPSA) is 69.6 Å². The molecule has 1 atom stereocenters. The highest BCUT2D eigenvalue weighted by molar-refractivity contribution is 5.89. The van der Waals surface area contributed by atoms with Gasteiger partial charge in [-0.05, 0) is 31.2 Å². The molecule has 110 valence electrons. The minimum Gasteiger partial charge on any atom is -0.508 e. The molecule has 1 unspecified atom stereocenters. The average molecular weight is 293 g/mol. The Balaban J connectivity index is 2.25. The summed E-state index contributed by atoms with van der Waals surface area (Å²) in [5.41, 5.74) is 0.196. The van der Waals surface area contributed by atoms with Crippen molar-refractivity contribution < 1.29 is 23.8 Å². The molecule has 0 amide bonds. The van der Waals surface area contributed by atoms with Crippen LogP contribution in [0.15, 0.2) is 36.4 Å². The van der Waals surface area contributed by atoms with E-state index in [9.17, 15) is 13.6 Å². The lowest BCUT2D eigenvalue weighted by Gasteiger charge is -2.17. The number of carbonyl (C=O) groups is 1. The van der Waals surface area contributed by atoms with Gasteiger partial charge in [-0.2, -0.15) is 0 Å². The van der Waals surface area contributed by atoms with E-state index in [1.165, 1.54) is 18.2 Å². The minimum atomic E-state index is -1.38. The molecule has 0 bridgehead atoms. The highest BCUT2D eigenvalue weighted by atomic mass is 19.1. The first kappa shape index (κ1) is 14.8. The van der Waals surface area contributed by atoms with E-state index in [0.29, 0.717) is 11.3 Å². The molecule has 0 aliphatic heterocycles. The molecule has 3 N–H and O–H groups in total. The molecule has 2 aromatic rings. The number of aromatic hydroxyl groups is 1. The first-order chi connectivity index (χ1) is 9.88. The summed E-state index contributed by atoms with van der Waals surface area (Å²) >= 11 is 0. The van der Waals surface area contributed by atoms with Crippen LogP contribution < -0.4 is 5.32 Å². The van der Waals surface area contributed by atoms with Crippen LogP contribution in [0.3, 0.4) is 0 Å². The summed E-state index contributed by atoms with van der Waals surface area (Å²) in [7, 11) is 0. The second-order valence-corrected chi connectivity index (χ2v) is 4.57. The molecule has 0 radical (unpaired) electrons. The SMILES string of the molecule is CC(Nc1ccc(F)c(C(=O)O)c1)c1ccc(O)cc1F. The highest BCUT2D eigenvalue weighted by Crippen LogP contribution is 2.25. The molecular weight excluding hydrogens is 280 g/mol. The van der Waals surface area contributed by atoms with E-state index in [4.69, 9.17) is 10.2 Å². The number of anilines is 1. The summed E-state index contributed by atoms with van der Waals surface area (Å²) in [5, 5.41) is 20.9. The van der Waals surface area contributed by atoms with Gasteiger partial charge in [0.1, 0.15) is 17.4 Å². The third kappa shape index (κ3) is 3.28. The van der Waals surface area contributed by atoms with E-state index in [2.05, 4.69) is 5.32 Å². The van der Waals surface area contributed by atoms with E-state index in [1.807, 2.05) is 0 Å². The van der Waals surface area contributed by atoms with Crippen molar-refractivity contribution >= 4 is 11.7 Å². The molecule has 0 saturated heterocycles. The minimum absolute atomic E-state index is 0.182. The van der Waals surface area contributed by atoms with Gasteiger partial charge in [0, 0.05) is 17.3 Å². The number of carboxylic acids is 1. The van der Waals surface area contributed by atoms with Crippen LogP contribution in [0, 0.1) is 11.6 Å². The maximum atomic E-state index is 13.7. The Hall–Kier alpha value is -2.63. The summed E-state index contributed by atoms with van der Waals surface area (Å²) in [4.78, 5) is 10.9. The number of carboxylic acid groups (broad SMARTS) is 1. The van der Waals surface area contributed by atoms with Crippen molar-refractivity contribution in [3.05, 3.63) is 59.2 Å². The molecule has 0 saturated carbocycles. The number of aromatic carboxylic acids is 1. The smallest absolute Gasteiger partial charge is 0.338 e. The number of benzene rings is 2. The van der Waals surface area contributed by atoms with Gasteiger partial charge in [-0.15, -0.1) is 0 Å². The summed E-state index contributed by atoms with van der Waals surface area (Å²) in [6.45, 7) is 1.67. The average Bonchev–Trinajstić information content (AvgIpc) is 2.40. The van der Waals surface area contributed by atoms with Crippen LogP contribution in [0.1, 0.15) is 28.9 Å². The Morgan fingerprint density at radius 1 is 1.14 bits per heavy atom. The second-order valence-electron chi connectivity index (χ2n) is 4.57. The molecule has 0 heterocycles. The molecule has 0 aliphatic rings. The van der Waals surface area contributed by atoms with Gasteiger partial charge in [0.05, 0.1) is 11.6 Å². The zero-order chi connectivity index (χ0) is 15.6. The second kappa shape index (κ2) is 5.78. The first-order valence-corrected chi connectivity index (χ1v) is 6.16. The summed E-state index contributed by atoms with van der Waals surface area (Å²) in [5.74, 6) is -2.98. The number of halogens is 2. The van der Waals surface area contributed by atoms with Crippen LogP contribution in [-0.2, 0) is 0 Å². The third-order valence-corrected chi connectivity index (χ3v) is 3.03. The fourth-order valence-corrected chi connectivity index (χ4v) is 1.97. The quantitative estimate of drug-likeness (QED) is 0.806. The Kier molecular flexibility index (Phi) is 4.07. The normalized spacial score (nSPS) is 12.0. The summed E-state index contributed by atoms with van der Waals surface area (Å²) in [6.07, 6.45) is 0. The zero-order valence-corrected chi connectivity index (χ0v) is 11.1. The van der Waals surface area contributed by atoms with Crippen LogP contribution in [0.25, 0.3) is 0 Å². The van der Waals surface area contributed by atoms with Crippen molar-refractivity contribution in [1.82, 2.24) is 0 Å². The monoisotopic (exact) mass is 293 g/mol. The Morgan fingerprint density at radius 2 is 1.86 bits per heavy atom. The van der Waals surface area contributed by atoms with Gasteiger partial charge >= 0.3 is 5.97 Å². The number of hydrogen-bond acceptors (Lipinski definition) is 3. The number of rotatable bonds is 4. The molecule has 6 heteroatoms. The molecule has 4 nitrogen and oxygen atoms in total. The van der Waals surface area contributed by atoms with Crippen molar-refractivity contribution in [2.24, 2.45) is 0 Å². The van der Waals surface area contributed by atoms with Gasteiger partial charge in [-0.3, -0.25) is 0 Å². The van der Waals surface area contributed by atoms with E-state index < -0.39 is 29.2 Å². The lowest BCUT2D eigenvalue weighted by atomic mass is 10.1. The third-order valence-electron chi connectivity index (χ3n) is 3.03. The maximum absolute atomic E-state index is 13.7. The first-order valence-electron chi connectivity index (χ1n) is 6.16. The van der Waals surface area contributed by atoms with Gasteiger partial charge < -0.3 is 15.5 Å². The molecule has 0 fully saturated rings. The van der Waals surface area contributed by atoms with Crippen LogP contribution >= 0.6 is 0 Å². The molecule has 0 aliphatic carbocycles. The molecule has 2 rings (SSSR count). The Labute approximate surface area is 119 Å². The predicted octanol–water partition coefficient (Wildman–Crippen LogP) is 3.54. The van der Waals surface area contributed by atoms with Crippen molar-refractivity contribution in [3.8, 4) is 5.75 Å². The van der Waals surface area contributed by atoms with Gasteiger partial charge in [0.2, 0.25) is 0 Å². The predicted molar refractivity (Wildman–Crippen MR) is 73.5 cm³/mol. The number of phenolic OH excluding ortho intramolecular Hbond substituents is 1. The molecular formula is C15H13F2NO3. The summed E-state index contributed by atoms with van der Waals surface area (Å²) < 4.78 is 27.0. The van der Waals surface area contributed by atoms with E-state index in [1.54, 1.807) is 6.92 Å². The number of phenols is 1.